The van der Waals surface area contributed by atoms with Crippen LogP contribution in [0, 0.1) is 13.8 Å². The Morgan fingerprint density at radius 2 is 1.93 bits per heavy atom. The Balaban J connectivity index is 1.92. The van der Waals surface area contributed by atoms with Gasteiger partial charge in [-0.1, -0.05) is 17.7 Å². The third-order valence-corrected chi connectivity index (χ3v) is 6.58. The fraction of sp³-hybridized carbons (Fsp3) is 0.333. The lowest BCUT2D eigenvalue weighted by molar-refractivity contribution is -0.131. The summed E-state index contributed by atoms with van der Waals surface area (Å²) in [7, 11) is 0. The van der Waals surface area contributed by atoms with Gasteiger partial charge in [-0.2, -0.15) is 0 Å². The number of likely N-dealkylation sites (N-methyl/N-ethyl adjacent to an activating group) is 1. The van der Waals surface area contributed by atoms with Crippen LogP contribution in [-0.2, 0) is 11.3 Å². The van der Waals surface area contributed by atoms with Gasteiger partial charge in [0.25, 0.3) is 11.5 Å². The minimum atomic E-state index is -0.333. The molecule has 0 radical (unpaired) electrons. The topological polar surface area (TPSA) is 84.3 Å². The number of hydrogen-bond acceptors (Lipinski definition) is 5. The SMILES string of the molecule is CCN(CC)C(=O)Cn1cnc2sc(C(=O)Nc3ccc(C)c(Cl)c3)c(C)c2c1=O. The van der Waals surface area contributed by atoms with Crippen LogP contribution in [0.15, 0.2) is 29.3 Å². The molecule has 1 N–H and O–H groups in total. The van der Waals surface area contributed by atoms with Crippen LogP contribution in [-0.4, -0.2) is 39.4 Å². The van der Waals surface area contributed by atoms with E-state index in [4.69, 9.17) is 11.6 Å². The molecular weight excluding hydrogens is 424 g/mol. The predicted molar refractivity (Wildman–Crippen MR) is 121 cm³/mol. The Kier molecular flexibility index (Phi) is 6.58. The lowest BCUT2D eigenvalue weighted by Gasteiger charge is -2.18. The zero-order valence-electron chi connectivity index (χ0n) is 17.3. The second-order valence-corrected chi connectivity index (χ2v) is 8.30. The first-order chi connectivity index (χ1) is 14.3. The van der Waals surface area contributed by atoms with Crippen LogP contribution in [0.25, 0.3) is 10.2 Å². The molecule has 0 atom stereocenters. The first-order valence-electron chi connectivity index (χ1n) is 9.60. The van der Waals surface area contributed by atoms with Gasteiger partial charge in [0, 0.05) is 23.8 Å². The minimum absolute atomic E-state index is 0.0812. The van der Waals surface area contributed by atoms with Crippen LogP contribution in [0.3, 0.4) is 0 Å². The molecule has 3 rings (SSSR count). The van der Waals surface area contributed by atoms with E-state index in [-0.39, 0.29) is 23.9 Å². The van der Waals surface area contributed by atoms with E-state index >= 15 is 0 Å². The maximum atomic E-state index is 13.0. The number of rotatable bonds is 6. The van der Waals surface area contributed by atoms with Crippen molar-refractivity contribution < 1.29 is 9.59 Å². The van der Waals surface area contributed by atoms with Crippen LogP contribution < -0.4 is 10.9 Å². The van der Waals surface area contributed by atoms with Crippen LogP contribution in [0.4, 0.5) is 5.69 Å². The number of benzene rings is 1. The molecule has 0 spiro atoms. The normalized spacial score (nSPS) is 11.0. The molecule has 0 unspecified atom stereocenters. The lowest BCUT2D eigenvalue weighted by Crippen LogP contribution is -2.36. The molecule has 30 heavy (non-hydrogen) atoms. The minimum Gasteiger partial charge on any atom is -0.342 e. The Hall–Kier alpha value is -2.71. The van der Waals surface area contributed by atoms with E-state index in [2.05, 4.69) is 10.3 Å². The number of aryl methyl sites for hydroxylation is 2. The molecular formula is C21H23ClN4O3S. The summed E-state index contributed by atoms with van der Waals surface area (Å²) in [6, 6.07) is 5.27. The van der Waals surface area contributed by atoms with E-state index in [0.29, 0.717) is 44.5 Å². The Bertz CT molecular complexity index is 1180. The summed E-state index contributed by atoms with van der Waals surface area (Å²) < 4.78 is 1.30. The molecule has 9 heteroatoms. The van der Waals surface area contributed by atoms with Gasteiger partial charge in [0.05, 0.1) is 16.6 Å². The molecule has 0 saturated carbocycles. The number of nitrogens with one attached hydrogen (secondary N) is 1. The van der Waals surface area contributed by atoms with E-state index in [9.17, 15) is 14.4 Å². The number of thiophene rings is 1. The average molecular weight is 447 g/mol. The number of amides is 2. The quantitative estimate of drug-likeness (QED) is 0.623. The van der Waals surface area contributed by atoms with Crippen molar-refractivity contribution in [3.8, 4) is 0 Å². The van der Waals surface area contributed by atoms with Crippen LogP contribution in [0.5, 0.6) is 0 Å². The molecule has 0 saturated heterocycles. The van der Waals surface area contributed by atoms with Gasteiger partial charge in [0.1, 0.15) is 11.4 Å². The summed E-state index contributed by atoms with van der Waals surface area (Å²) >= 11 is 7.28. The molecule has 2 heterocycles. The first-order valence-corrected chi connectivity index (χ1v) is 10.8. The maximum Gasteiger partial charge on any atom is 0.266 e. The van der Waals surface area contributed by atoms with Crippen molar-refractivity contribution in [1.82, 2.24) is 14.5 Å². The van der Waals surface area contributed by atoms with Gasteiger partial charge in [0.15, 0.2) is 0 Å². The summed E-state index contributed by atoms with van der Waals surface area (Å²) in [4.78, 5) is 45.0. The van der Waals surface area contributed by atoms with Crippen molar-refractivity contribution in [3.05, 3.63) is 55.9 Å². The number of hydrogen-bond donors (Lipinski definition) is 1. The number of carbonyl (C=O) groups excluding carboxylic acids is 2. The fourth-order valence-electron chi connectivity index (χ4n) is 3.17. The van der Waals surface area contributed by atoms with E-state index in [1.165, 1.54) is 10.9 Å². The fourth-order valence-corrected chi connectivity index (χ4v) is 4.38. The monoisotopic (exact) mass is 446 g/mol. The largest absolute Gasteiger partial charge is 0.342 e. The van der Waals surface area contributed by atoms with Crippen LogP contribution in [0.2, 0.25) is 5.02 Å². The van der Waals surface area contributed by atoms with Gasteiger partial charge in [-0.15, -0.1) is 11.3 Å². The second kappa shape index (κ2) is 8.97. The van der Waals surface area contributed by atoms with Gasteiger partial charge in [0.2, 0.25) is 5.91 Å². The van der Waals surface area contributed by atoms with Crippen molar-refractivity contribution in [1.29, 1.82) is 0 Å². The Labute approximate surface area is 183 Å². The summed E-state index contributed by atoms with van der Waals surface area (Å²) in [6.45, 7) is 8.44. The number of carbonyl (C=O) groups is 2. The molecule has 7 nitrogen and oxygen atoms in total. The van der Waals surface area contributed by atoms with Gasteiger partial charge in [-0.05, 0) is 51.0 Å². The third kappa shape index (κ3) is 4.24. The number of anilines is 1. The van der Waals surface area contributed by atoms with Crippen LogP contribution in [0.1, 0.15) is 34.6 Å². The van der Waals surface area contributed by atoms with Gasteiger partial charge >= 0.3 is 0 Å². The number of nitrogens with zero attached hydrogens (tertiary/aromatic N) is 3. The van der Waals surface area contributed by atoms with Crippen molar-refractivity contribution in [3.63, 3.8) is 0 Å². The molecule has 2 amide bonds. The van der Waals surface area contributed by atoms with Crippen molar-refractivity contribution in [2.24, 2.45) is 0 Å². The predicted octanol–water partition coefficient (Wildman–Crippen LogP) is 3.85. The molecule has 0 fully saturated rings. The molecule has 1 aromatic carbocycles. The highest BCUT2D eigenvalue weighted by molar-refractivity contribution is 7.20. The third-order valence-electron chi connectivity index (χ3n) is 4.97. The van der Waals surface area contributed by atoms with Crippen molar-refractivity contribution in [2.45, 2.75) is 34.2 Å². The summed E-state index contributed by atoms with van der Waals surface area (Å²) in [5, 5.41) is 3.74. The molecule has 0 aliphatic rings. The van der Waals surface area contributed by atoms with E-state index in [1.807, 2.05) is 26.8 Å². The highest BCUT2D eigenvalue weighted by Gasteiger charge is 2.21. The molecule has 2 aromatic heterocycles. The zero-order chi connectivity index (χ0) is 22.0. The highest BCUT2D eigenvalue weighted by atomic mass is 35.5. The summed E-state index contributed by atoms with van der Waals surface area (Å²) in [5.74, 6) is -0.481. The van der Waals surface area contributed by atoms with Gasteiger partial charge in [-0.25, -0.2) is 4.98 Å². The van der Waals surface area contributed by atoms with Crippen molar-refractivity contribution in [2.75, 3.05) is 18.4 Å². The zero-order valence-corrected chi connectivity index (χ0v) is 18.9. The smallest absolute Gasteiger partial charge is 0.266 e. The number of halogens is 1. The van der Waals surface area contributed by atoms with E-state index in [0.717, 1.165) is 16.9 Å². The molecule has 158 valence electrons. The Morgan fingerprint density at radius 3 is 2.57 bits per heavy atom. The molecule has 0 aliphatic heterocycles. The average Bonchev–Trinajstić information content (AvgIpc) is 3.05. The lowest BCUT2D eigenvalue weighted by atomic mass is 10.2. The standard InChI is InChI=1S/C21H23ClN4O3S/c1-5-25(6-2)16(27)10-26-11-23-20-17(21(26)29)13(4)18(30-20)19(28)24-14-8-7-12(3)15(22)9-14/h7-9,11H,5-6,10H2,1-4H3,(H,24,28). The van der Waals surface area contributed by atoms with Crippen molar-refractivity contribution >= 4 is 50.7 Å². The van der Waals surface area contributed by atoms with Gasteiger partial charge < -0.3 is 10.2 Å². The Morgan fingerprint density at radius 1 is 1.23 bits per heavy atom. The molecule has 3 aromatic rings. The molecule has 0 bridgehead atoms. The highest BCUT2D eigenvalue weighted by Crippen LogP contribution is 2.28. The van der Waals surface area contributed by atoms with E-state index in [1.54, 1.807) is 24.0 Å². The summed E-state index contributed by atoms with van der Waals surface area (Å²) in [6.07, 6.45) is 1.36. The molecule has 0 aliphatic carbocycles. The second-order valence-electron chi connectivity index (χ2n) is 6.90. The summed E-state index contributed by atoms with van der Waals surface area (Å²) in [5.41, 5.74) is 1.71. The first kappa shape index (κ1) is 22.0. The number of aromatic nitrogens is 2. The van der Waals surface area contributed by atoms with E-state index < -0.39 is 0 Å². The number of fused-ring (bicyclic) bond motifs is 1. The maximum absolute atomic E-state index is 13.0. The van der Waals surface area contributed by atoms with Crippen LogP contribution >= 0.6 is 22.9 Å². The van der Waals surface area contributed by atoms with Gasteiger partial charge in [-0.3, -0.25) is 19.0 Å².